The average molecular weight is 413 g/mol. The summed E-state index contributed by atoms with van der Waals surface area (Å²) in [6.07, 6.45) is 0. The molecular formula is C21H14Cl2N2OS. The van der Waals surface area contributed by atoms with Crippen LogP contribution in [0.5, 0.6) is 0 Å². The molecule has 134 valence electrons. The highest BCUT2D eigenvalue weighted by Crippen LogP contribution is 2.28. The zero-order valence-corrected chi connectivity index (χ0v) is 16.4. The molecule has 6 heteroatoms. The van der Waals surface area contributed by atoms with Crippen LogP contribution in [0.15, 0.2) is 82.7 Å². The normalized spacial score (nSPS) is 11.0. The average Bonchev–Trinajstić information content (AvgIpc) is 2.68. The first kappa shape index (κ1) is 18.1. The van der Waals surface area contributed by atoms with Gasteiger partial charge in [-0.25, -0.2) is 4.98 Å². The molecule has 0 saturated heterocycles. The number of fused-ring (bicyclic) bond motifs is 1. The third kappa shape index (κ3) is 3.74. The molecule has 4 rings (SSSR count). The van der Waals surface area contributed by atoms with Gasteiger partial charge in [0.2, 0.25) is 0 Å². The molecule has 1 aromatic heterocycles. The van der Waals surface area contributed by atoms with Gasteiger partial charge in [0.05, 0.1) is 21.6 Å². The van der Waals surface area contributed by atoms with E-state index in [-0.39, 0.29) is 5.56 Å². The Morgan fingerprint density at radius 2 is 1.70 bits per heavy atom. The summed E-state index contributed by atoms with van der Waals surface area (Å²) in [5.41, 5.74) is 2.21. The summed E-state index contributed by atoms with van der Waals surface area (Å²) >= 11 is 13.9. The van der Waals surface area contributed by atoms with Crippen molar-refractivity contribution in [2.45, 2.75) is 10.9 Å². The van der Waals surface area contributed by atoms with Gasteiger partial charge in [0.1, 0.15) is 0 Å². The van der Waals surface area contributed by atoms with Gasteiger partial charge >= 0.3 is 0 Å². The molecule has 0 aliphatic rings. The van der Waals surface area contributed by atoms with E-state index in [0.29, 0.717) is 37.5 Å². The molecule has 0 atom stereocenters. The van der Waals surface area contributed by atoms with Crippen molar-refractivity contribution in [2.75, 3.05) is 0 Å². The molecule has 0 fully saturated rings. The fourth-order valence-corrected chi connectivity index (χ4v) is 4.21. The van der Waals surface area contributed by atoms with E-state index in [0.717, 1.165) is 5.56 Å². The summed E-state index contributed by atoms with van der Waals surface area (Å²) in [4.78, 5) is 17.9. The SMILES string of the molecule is O=c1c2ccccc2nc(SCc2cccc(Cl)c2)n1-c1ccccc1Cl. The molecule has 0 saturated carbocycles. The zero-order valence-electron chi connectivity index (χ0n) is 14.1. The first-order valence-electron chi connectivity index (χ1n) is 8.27. The third-order valence-electron chi connectivity index (χ3n) is 4.10. The maximum atomic E-state index is 13.2. The number of rotatable bonds is 4. The molecule has 0 radical (unpaired) electrons. The van der Waals surface area contributed by atoms with Crippen LogP contribution in [0, 0.1) is 0 Å². The minimum Gasteiger partial charge on any atom is -0.268 e. The molecule has 0 unspecified atom stereocenters. The van der Waals surface area contributed by atoms with Gasteiger partial charge in [-0.3, -0.25) is 9.36 Å². The predicted molar refractivity (Wildman–Crippen MR) is 113 cm³/mol. The Labute approximate surface area is 170 Å². The van der Waals surface area contributed by atoms with E-state index in [1.807, 2.05) is 60.7 Å². The predicted octanol–water partition coefficient (Wildman–Crippen LogP) is 5.98. The van der Waals surface area contributed by atoms with E-state index >= 15 is 0 Å². The van der Waals surface area contributed by atoms with Crippen LogP contribution in [0.2, 0.25) is 10.0 Å². The Kier molecular flexibility index (Phi) is 5.21. The van der Waals surface area contributed by atoms with E-state index in [4.69, 9.17) is 28.2 Å². The minimum absolute atomic E-state index is 0.137. The number of nitrogens with zero attached hydrogens (tertiary/aromatic N) is 2. The second-order valence-corrected chi connectivity index (χ2v) is 7.71. The molecule has 3 nitrogen and oxygen atoms in total. The van der Waals surface area contributed by atoms with Crippen molar-refractivity contribution in [2.24, 2.45) is 0 Å². The fourth-order valence-electron chi connectivity index (χ4n) is 2.83. The lowest BCUT2D eigenvalue weighted by molar-refractivity contribution is 0.820. The van der Waals surface area contributed by atoms with E-state index in [9.17, 15) is 4.79 Å². The Hall–Kier alpha value is -2.27. The Morgan fingerprint density at radius 3 is 2.52 bits per heavy atom. The lowest BCUT2D eigenvalue weighted by atomic mass is 10.2. The molecule has 0 bridgehead atoms. The molecule has 0 amide bonds. The smallest absolute Gasteiger partial charge is 0.266 e. The highest BCUT2D eigenvalue weighted by Gasteiger charge is 2.15. The number of thioether (sulfide) groups is 1. The third-order valence-corrected chi connectivity index (χ3v) is 5.66. The van der Waals surface area contributed by atoms with Crippen molar-refractivity contribution >= 4 is 45.9 Å². The van der Waals surface area contributed by atoms with Gasteiger partial charge in [0.25, 0.3) is 5.56 Å². The van der Waals surface area contributed by atoms with Crippen LogP contribution in [0.1, 0.15) is 5.56 Å². The molecule has 0 aliphatic carbocycles. The monoisotopic (exact) mass is 412 g/mol. The second kappa shape index (κ2) is 7.77. The lowest BCUT2D eigenvalue weighted by Gasteiger charge is -2.14. The molecule has 4 aromatic rings. The topological polar surface area (TPSA) is 34.9 Å². The largest absolute Gasteiger partial charge is 0.268 e. The summed E-state index contributed by atoms with van der Waals surface area (Å²) in [6.45, 7) is 0. The Morgan fingerprint density at radius 1 is 0.926 bits per heavy atom. The van der Waals surface area contributed by atoms with Crippen molar-refractivity contribution in [3.05, 3.63) is 98.8 Å². The van der Waals surface area contributed by atoms with Crippen molar-refractivity contribution in [3.63, 3.8) is 0 Å². The number of hydrogen-bond acceptors (Lipinski definition) is 3. The van der Waals surface area contributed by atoms with Crippen LogP contribution in [-0.2, 0) is 5.75 Å². The van der Waals surface area contributed by atoms with Crippen LogP contribution >= 0.6 is 35.0 Å². The lowest BCUT2D eigenvalue weighted by Crippen LogP contribution is -2.22. The van der Waals surface area contributed by atoms with Gasteiger partial charge in [-0.1, -0.05) is 71.4 Å². The van der Waals surface area contributed by atoms with Gasteiger partial charge in [0.15, 0.2) is 5.16 Å². The maximum Gasteiger partial charge on any atom is 0.266 e. The maximum absolute atomic E-state index is 13.2. The molecule has 3 aromatic carbocycles. The van der Waals surface area contributed by atoms with E-state index in [1.165, 1.54) is 11.8 Å². The molecule has 1 heterocycles. The number of hydrogen-bond donors (Lipinski definition) is 0. The first-order chi connectivity index (χ1) is 13.1. The van der Waals surface area contributed by atoms with Gasteiger partial charge < -0.3 is 0 Å². The number of para-hydroxylation sites is 2. The molecular weight excluding hydrogens is 399 g/mol. The Bertz CT molecular complexity index is 1190. The zero-order chi connectivity index (χ0) is 18.8. The van der Waals surface area contributed by atoms with Crippen molar-refractivity contribution < 1.29 is 0 Å². The summed E-state index contributed by atoms with van der Waals surface area (Å²) in [5, 5.41) is 2.33. The van der Waals surface area contributed by atoms with Crippen molar-refractivity contribution in [1.29, 1.82) is 0 Å². The van der Waals surface area contributed by atoms with E-state index in [2.05, 4.69) is 0 Å². The minimum atomic E-state index is -0.137. The quantitative estimate of drug-likeness (QED) is 0.305. The van der Waals surface area contributed by atoms with E-state index in [1.54, 1.807) is 16.7 Å². The summed E-state index contributed by atoms with van der Waals surface area (Å²) in [6, 6.07) is 22.3. The van der Waals surface area contributed by atoms with Crippen LogP contribution in [0.3, 0.4) is 0 Å². The van der Waals surface area contributed by atoms with Crippen molar-refractivity contribution in [3.8, 4) is 5.69 Å². The second-order valence-electron chi connectivity index (χ2n) is 5.92. The Balaban J connectivity index is 1.86. The number of benzene rings is 3. The van der Waals surface area contributed by atoms with Gasteiger partial charge in [-0.15, -0.1) is 0 Å². The fraction of sp³-hybridized carbons (Fsp3) is 0.0476. The van der Waals surface area contributed by atoms with E-state index < -0.39 is 0 Å². The van der Waals surface area contributed by atoms with Crippen LogP contribution < -0.4 is 5.56 Å². The number of aromatic nitrogens is 2. The summed E-state index contributed by atoms with van der Waals surface area (Å²) in [5.74, 6) is 0.635. The van der Waals surface area contributed by atoms with Crippen LogP contribution in [0.25, 0.3) is 16.6 Å². The molecule has 0 aliphatic heterocycles. The highest BCUT2D eigenvalue weighted by molar-refractivity contribution is 7.98. The number of halogens is 2. The standard InChI is InChI=1S/C21H14Cl2N2OS/c22-15-7-5-6-14(12-15)13-27-21-24-18-10-3-1-8-16(18)20(26)25(21)19-11-4-2-9-17(19)23/h1-12H,13H2. The van der Waals surface area contributed by atoms with Gasteiger partial charge in [0, 0.05) is 10.8 Å². The molecule has 0 spiro atoms. The summed E-state index contributed by atoms with van der Waals surface area (Å²) in [7, 11) is 0. The summed E-state index contributed by atoms with van der Waals surface area (Å²) < 4.78 is 1.58. The molecule has 27 heavy (non-hydrogen) atoms. The highest BCUT2D eigenvalue weighted by atomic mass is 35.5. The van der Waals surface area contributed by atoms with Gasteiger partial charge in [-0.05, 0) is 42.0 Å². The van der Waals surface area contributed by atoms with Crippen LogP contribution in [-0.4, -0.2) is 9.55 Å². The molecule has 0 N–H and O–H groups in total. The van der Waals surface area contributed by atoms with Gasteiger partial charge in [-0.2, -0.15) is 0 Å². The van der Waals surface area contributed by atoms with Crippen LogP contribution in [0.4, 0.5) is 0 Å². The van der Waals surface area contributed by atoms with Crippen molar-refractivity contribution in [1.82, 2.24) is 9.55 Å². The first-order valence-corrected chi connectivity index (χ1v) is 10.0.